The highest BCUT2D eigenvalue weighted by Gasteiger charge is 2.38. The largest absolute Gasteiger partial charge is 0.417 e. The van der Waals surface area contributed by atoms with Gasteiger partial charge in [-0.1, -0.05) is 12.1 Å². The molecule has 1 rings (SSSR count). The molecule has 8 heteroatoms. The molecule has 0 saturated carbocycles. The minimum atomic E-state index is -4.80. The number of hydrogen-bond acceptors (Lipinski definition) is 3. The summed E-state index contributed by atoms with van der Waals surface area (Å²) in [5.74, 6) is 0. The number of sulfonamides is 1. The molecule has 1 aromatic carbocycles. The predicted octanol–water partition coefficient (Wildman–Crippen LogP) is 1.77. The SMILES string of the molecule is Cc1cccc(S(=O)(=O)NC#N)c1C(F)(F)F. The van der Waals surface area contributed by atoms with Gasteiger partial charge in [0.05, 0.1) is 5.56 Å². The van der Waals surface area contributed by atoms with Gasteiger partial charge in [-0.2, -0.15) is 18.4 Å². The van der Waals surface area contributed by atoms with E-state index in [0.717, 1.165) is 25.2 Å². The van der Waals surface area contributed by atoms with E-state index in [4.69, 9.17) is 5.26 Å². The lowest BCUT2D eigenvalue weighted by atomic mass is 10.1. The third kappa shape index (κ3) is 2.68. The first kappa shape index (κ1) is 13.3. The summed E-state index contributed by atoms with van der Waals surface area (Å²) >= 11 is 0. The summed E-state index contributed by atoms with van der Waals surface area (Å²) < 4.78 is 62.3. The minimum Gasteiger partial charge on any atom is -0.215 e. The molecule has 0 atom stereocenters. The minimum absolute atomic E-state index is 0.224. The van der Waals surface area contributed by atoms with Crippen molar-refractivity contribution in [2.45, 2.75) is 18.0 Å². The fourth-order valence-corrected chi connectivity index (χ4v) is 2.38. The number of alkyl halides is 3. The van der Waals surface area contributed by atoms with Gasteiger partial charge in [-0.3, -0.25) is 0 Å². The lowest BCUT2D eigenvalue weighted by Crippen LogP contribution is -2.23. The highest BCUT2D eigenvalue weighted by atomic mass is 32.2. The number of halogens is 3. The summed E-state index contributed by atoms with van der Waals surface area (Å²) in [7, 11) is -4.48. The summed E-state index contributed by atoms with van der Waals surface area (Å²) in [4.78, 5) is -0.952. The summed E-state index contributed by atoms with van der Waals surface area (Å²) in [6.45, 7) is 1.15. The molecule has 1 N–H and O–H groups in total. The van der Waals surface area contributed by atoms with Gasteiger partial charge in [-0.05, 0) is 18.6 Å². The molecule has 0 aliphatic heterocycles. The van der Waals surface area contributed by atoms with E-state index < -0.39 is 26.7 Å². The number of nitriles is 1. The van der Waals surface area contributed by atoms with E-state index in [1.165, 1.54) is 10.8 Å². The van der Waals surface area contributed by atoms with E-state index in [1.807, 2.05) is 0 Å². The molecule has 0 radical (unpaired) electrons. The topological polar surface area (TPSA) is 70.0 Å². The van der Waals surface area contributed by atoms with Gasteiger partial charge in [-0.15, -0.1) is 0 Å². The average molecular weight is 264 g/mol. The van der Waals surface area contributed by atoms with Gasteiger partial charge in [0.25, 0.3) is 10.0 Å². The van der Waals surface area contributed by atoms with E-state index >= 15 is 0 Å². The molecule has 0 spiro atoms. The Bertz CT molecular complexity index is 573. The molecule has 0 amide bonds. The van der Waals surface area contributed by atoms with Crippen LogP contribution in [0.5, 0.6) is 0 Å². The predicted molar refractivity (Wildman–Crippen MR) is 52.1 cm³/mol. The standard InChI is InChI=1S/C9H7F3N2O2S/c1-6-3-2-4-7(8(6)9(10,11)12)17(15,16)14-5-13/h2-4,14H,1H3. The van der Waals surface area contributed by atoms with Gasteiger partial charge in [0.2, 0.25) is 0 Å². The van der Waals surface area contributed by atoms with Crippen molar-refractivity contribution in [3.8, 4) is 6.19 Å². The fraction of sp³-hybridized carbons (Fsp3) is 0.222. The lowest BCUT2D eigenvalue weighted by molar-refractivity contribution is -0.140. The van der Waals surface area contributed by atoms with Gasteiger partial charge in [0.15, 0.2) is 6.19 Å². The van der Waals surface area contributed by atoms with Crippen molar-refractivity contribution >= 4 is 10.0 Å². The normalized spacial score (nSPS) is 11.9. The molecule has 0 bridgehead atoms. The van der Waals surface area contributed by atoms with Gasteiger partial charge in [0, 0.05) is 0 Å². The molecule has 0 aliphatic carbocycles. The molecule has 4 nitrogen and oxygen atoms in total. The van der Waals surface area contributed by atoms with E-state index in [-0.39, 0.29) is 5.56 Å². The van der Waals surface area contributed by atoms with E-state index in [9.17, 15) is 21.6 Å². The van der Waals surface area contributed by atoms with Crippen molar-refractivity contribution in [1.82, 2.24) is 4.72 Å². The Labute approximate surface area is 95.7 Å². The molecule has 0 aromatic heterocycles. The average Bonchev–Trinajstić information content (AvgIpc) is 2.15. The summed E-state index contributed by atoms with van der Waals surface area (Å²) in [6.07, 6.45) is -3.70. The number of nitrogens with zero attached hydrogens (tertiary/aromatic N) is 1. The number of hydrogen-bond donors (Lipinski definition) is 1. The summed E-state index contributed by atoms with van der Waals surface area (Å²) in [5, 5.41) is 8.20. The maximum Gasteiger partial charge on any atom is 0.417 e. The monoisotopic (exact) mass is 264 g/mol. The van der Waals surface area contributed by atoms with Crippen molar-refractivity contribution in [1.29, 1.82) is 5.26 Å². The quantitative estimate of drug-likeness (QED) is 0.653. The molecular weight excluding hydrogens is 257 g/mol. The van der Waals surface area contributed by atoms with Crippen LogP contribution in [0, 0.1) is 18.4 Å². The van der Waals surface area contributed by atoms with Gasteiger partial charge in [-0.25, -0.2) is 13.1 Å². The summed E-state index contributed by atoms with van der Waals surface area (Å²) in [6, 6.07) is 3.13. The molecule has 0 saturated heterocycles. The van der Waals surface area contributed by atoms with Gasteiger partial charge < -0.3 is 0 Å². The third-order valence-electron chi connectivity index (χ3n) is 1.99. The van der Waals surface area contributed by atoms with Gasteiger partial charge in [0.1, 0.15) is 4.90 Å². The molecule has 17 heavy (non-hydrogen) atoms. The van der Waals surface area contributed by atoms with Crippen molar-refractivity contribution in [2.24, 2.45) is 0 Å². The molecule has 0 unspecified atom stereocenters. The molecular formula is C9H7F3N2O2S. The second kappa shape index (κ2) is 4.25. The Balaban J connectivity index is 3.58. The van der Waals surface area contributed by atoms with Crippen LogP contribution in [0.1, 0.15) is 11.1 Å². The van der Waals surface area contributed by atoms with Crippen LogP contribution < -0.4 is 4.72 Å². The number of rotatable bonds is 2. The zero-order chi connectivity index (χ0) is 13.3. The van der Waals surface area contributed by atoms with Crippen LogP contribution in [0.4, 0.5) is 13.2 Å². The van der Waals surface area contributed by atoms with Crippen LogP contribution in [-0.2, 0) is 16.2 Å². The maximum absolute atomic E-state index is 12.7. The Morgan fingerprint density at radius 2 is 1.94 bits per heavy atom. The lowest BCUT2D eigenvalue weighted by Gasteiger charge is -2.14. The van der Waals surface area contributed by atoms with E-state index in [1.54, 1.807) is 0 Å². The Morgan fingerprint density at radius 3 is 2.41 bits per heavy atom. The van der Waals surface area contributed by atoms with Crippen LogP contribution in [0.25, 0.3) is 0 Å². The Kier molecular flexibility index (Phi) is 3.33. The van der Waals surface area contributed by atoms with Crippen molar-refractivity contribution in [3.05, 3.63) is 29.3 Å². The number of nitrogens with one attached hydrogen (secondary N) is 1. The molecule has 0 fully saturated rings. The smallest absolute Gasteiger partial charge is 0.215 e. The van der Waals surface area contributed by atoms with Crippen LogP contribution in [0.3, 0.4) is 0 Å². The van der Waals surface area contributed by atoms with E-state index in [0.29, 0.717) is 0 Å². The highest BCUT2D eigenvalue weighted by molar-refractivity contribution is 7.89. The van der Waals surface area contributed by atoms with Crippen LogP contribution in [0.15, 0.2) is 23.1 Å². The molecule has 1 aromatic rings. The Morgan fingerprint density at radius 1 is 1.35 bits per heavy atom. The zero-order valence-electron chi connectivity index (χ0n) is 8.54. The number of benzene rings is 1. The van der Waals surface area contributed by atoms with Gasteiger partial charge >= 0.3 is 6.18 Å². The zero-order valence-corrected chi connectivity index (χ0v) is 9.35. The third-order valence-corrected chi connectivity index (χ3v) is 3.27. The Hall–Kier alpha value is -1.75. The van der Waals surface area contributed by atoms with Crippen LogP contribution >= 0.6 is 0 Å². The second-order valence-corrected chi connectivity index (χ2v) is 4.81. The first-order valence-corrected chi connectivity index (χ1v) is 5.76. The first-order chi connectivity index (χ1) is 7.70. The van der Waals surface area contributed by atoms with Crippen LogP contribution in [-0.4, -0.2) is 8.42 Å². The van der Waals surface area contributed by atoms with E-state index in [2.05, 4.69) is 0 Å². The van der Waals surface area contributed by atoms with Crippen LogP contribution in [0.2, 0.25) is 0 Å². The number of aryl methyl sites for hydroxylation is 1. The van der Waals surface area contributed by atoms with Crippen molar-refractivity contribution < 1.29 is 21.6 Å². The summed E-state index contributed by atoms with van der Waals surface area (Å²) in [5.41, 5.74) is -1.49. The fourth-order valence-electron chi connectivity index (χ4n) is 1.34. The maximum atomic E-state index is 12.7. The molecule has 92 valence electrons. The van der Waals surface area contributed by atoms with Crippen molar-refractivity contribution in [2.75, 3.05) is 0 Å². The second-order valence-electron chi connectivity index (χ2n) is 3.16. The molecule has 0 aliphatic rings. The molecule has 0 heterocycles. The highest BCUT2D eigenvalue weighted by Crippen LogP contribution is 2.36. The van der Waals surface area contributed by atoms with Crippen molar-refractivity contribution in [3.63, 3.8) is 0 Å². The first-order valence-electron chi connectivity index (χ1n) is 4.28.